The average molecular weight is 310 g/mol. The van der Waals surface area contributed by atoms with E-state index in [0.29, 0.717) is 10.5 Å². The Kier molecular flexibility index (Phi) is 3.18. The summed E-state index contributed by atoms with van der Waals surface area (Å²) in [5.41, 5.74) is 2.05. The predicted octanol–water partition coefficient (Wildman–Crippen LogP) is 3.20. The van der Waals surface area contributed by atoms with Gasteiger partial charge in [-0.05, 0) is 53.5 Å². The van der Waals surface area contributed by atoms with E-state index in [2.05, 4.69) is 26.2 Å². The number of rotatable bonds is 2. The molecule has 1 unspecified atom stereocenters. The molecular weight excluding hydrogens is 297 g/mol. The highest BCUT2D eigenvalue weighted by Crippen LogP contribution is 2.26. The maximum Gasteiger partial charge on any atom is 0.137 e. The first-order valence-electron chi connectivity index (χ1n) is 5.97. The topological polar surface area (TPSA) is 29.9 Å². The molecule has 1 atom stereocenters. The van der Waals surface area contributed by atoms with E-state index < -0.39 is 0 Å². The molecule has 1 aromatic carbocycles. The normalized spacial score (nSPS) is 19.3. The Morgan fingerprint density at radius 1 is 1.44 bits per heavy atom. The molecule has 1 aliphatic rings. The fourth-order valence-electron chi connectivity index (χ4n) is 2.35. The maximum absolute atomic E-state index is 13.3. The quantitative estimate of drug-likeness (QED) is 0.923. The van der Waals surface area contributed by atoms with Crippen LogP contribution in [0.2, 0.25) is 0 Å². The molecule has 0 saturated carbocycles. The van der Waals surface area contributed by atoms with Crippen LogP contribution in [-0.2, 0) is 0 Å². The molecule has 2 heterocycles. The van der Waals surface area contributed by atoms with Crippen molar-refractivity contribution in [1.29, 1.82) is 0 Å². The van der Waals surface area contributed by atoms with E-state index in [1.807, 2.05) is 10.8 Å². The highest BCUT2D eigenvalue weighted by Gasteiger charge is 2.20. The molecule has 0 spiro atoms. The van der Waals surface area contributed by atoms with Crippen molar-refractivity contribution in [3.05, 3.63) is 46.7 Å². The minimum Gasteiger partial charge on any atom is -0.309 e. The Bertz CT molecular complexity index is 561. The van der Waals surface area contributed by atoms with Crippen LogP contribution >= 0.6 is 15.9 Å². The van der Waals surface area contributed by atoms with Crippen molar-refractivity contribution < 1.29 is 4.39 Å². The molecule has 0 amide bonds. The van der Waals surface area contributed by atoms with E-state index in [-0.39, 0.29) is 5.82 Å². The number of imidazole rings is 1. The highest BCUT2D eigenvalue weighted by molar-refractivity contribution is 9.10. The molecule has 3 nitrogen and oxygen atoms in total. The van der Waals surface area contributed by atoms with Gasteiger partial charge in [-0.25, -0.2) is 9.37 Å². The van der Waals surface area contributed by atoms with Gasteiger partial charge in [0.15, 0.2) is 0 Å². The van der Waals surface area contributed by atoms with Gasteiger partial charge >= 0.3 is 0 Å². The van der Waals surface area contributed by atoms with Crippen molar-refractivity contribution in [1.82, 2.24) is 14.9 Å². The van der Waals surface area contributed by atoms with Gasteiger partial charge in [0.25, 0.3) is 0 Å². The minimum atomic E-state index is -0.251. The molecule has 94 valence electrons. The van der Waals surface area contributed by atoms with Crippen LogP contribution in [0.5, 0.6) is 0 Å². The molecule has 0 radical (unpaired) electrons. The Hall–Kier alpha value is -1.20. The first-order chi connectivity index (χ1) is 8.75. The molecule has 5 heteroatoms. The van der Waals surface area contributed by atoms with Gasteiger partial charge in [0.05, 0.1) is 22.7 Å². The van der Waals surface area contributed by atoms with Crippen LogP contribution in [-0.4, -0.2) is 16.1 Å². The lowest BCUT2D eigenvalue weighted by Gasteiger charge is -2.14. The van der Waals surface area contributed by atoms with Gasteiger partial charge in [-0.1, -0.05) is 0 Å². The van der Waals surface area contributed by atoms with Crippen LogP contribution in [0.15, 0.2) is 35.2 Å². The average Bonchev–Trinajstić information content (AvgIpc) is 3.00. The molecule has 1 aliphatic heterocycles. The number of halogens is 2. The zero-order chi connectivity index (χ0) is 12.5. The number of hydrogen-bond donors (Lipinski definition) is 1. The van der Waals surface area contributed by atoms with E-state index in [1.165, 1.54) is 12.5 Å². The summed E-state index contributed by atoms with van der Waals surface area (Å²) in [4.78, 5) is 4.21. The second-order valence-electron chi connectivity index (χ2n) is 4.44. The summed E-state index contributed by atoms with van der Waals surface area (Å²) in [7, 11) is 0. The van der Waals surface area contributed by atoms with Crippen molar-refractivity contribution in [2.24, 2.45) is 0 Å². The van der Waals surface area contributed by atoms with Crippen LogP contribution in [0.1, 0.15) is 24.6 Å². The number of hydrogen-bond acceptors (Lipinski definition) is 2. The molecule has 1 fully saturated rings. The second kappa shape index (κ2) is 4.82. The van der Waals surface area contributed by atoms with Crippen LogP contribution in [0.4, 0.5) is 4.39 Å². The lowest BCUT2D eigenvalue weighted by atomic mass is 10.1. The zero-order valence-corrected chi connectivity index (χ0v) is 11.3. The molecule has 1 N–H and O–H groups in total. The van der Waals surface area contributed by atoms with Gasteiger partial charge in [-0.2, -0.15) is 0 Å². The third-order valence-electron chi connectivity index (χ3n) is 3.27. The Morgan fingerprint density at radius 2 is 2.33 bits per heavy atom. The zero-order valence-electron chi connectivity index (χ0n) is 9.74. The summed E-state index contributed by atoms with van der Waals surface area (Å²) in [5.74, 6) is -0.251. The number of nitrogens with zero attached hydrogens (tertiary/aromatic N) is 2. The molecule has 0 aliphatic carbocycles. The molecule has 3 rings (SSSR count). The van der Waals surface area contributed by atoms with Gasteiger partial charge in [0, 0.05) is 11.7 Å². The smallest absolute Gasteiger partial charge is 0.137 e. The lowest BCUT2D eigenvalue weighted by molar-refractivity contribution is 0.611. The lowest BCUT2D eigenvalue weighted by Crippen LogP contribution is -2.16. The summed E-state index contributed by atoms with van der Waals surface area (Å²) in [6, 6.07) is 5.34. The van der Waals surface area contributed by atoms with E-state index >= 15 is 0 Å². The second-order valence-corrected chi connectivity index (χ2v) is 5.29. The van der Waals surface area contributed by atoms with Gasteiger partial charge in [-0.15, -0.1) is 0 Å². The molecule has 2 aromatic rings. The summed E-state index contributed by atoms with van der Waals surface area (Å²) in [6.07, 6.45) is 5.95. The van der Waals surface area contributed by atoms with Gasteiger partial charge in [0.2, 0.25) is 0 Å². The Labute approximate surface area is 113 Å². The summed E-state index contributed by atoms with van der Waals surface area (Å²) < 4.78 is 15.7. The minimum absolute atomic E-state index is 0.251. The number of nitrogens with one attached hydrogen (secondary N) is 1. The largest absolute Gasteiger partial charge is 0.309 e. The van der Waals surface area contributed by atoms with Gasteiger partial charge < -0.3 is 9.88 Å². The van der Waals surface area contributed by atoms with Crippen LogP contribution in [0.25, 0.3) is 5.69 Å². The van der Waals surface area contributed by atoms with Crippen LogP contribution in [0, 0.1) is 5.82 Å². The summed E-state index contributed by atoms with van der Waals surface area (Å²) in [6.45, 7) is 1.04. The molecule has 0 bridgehead atoms. The van der Waals surface area contributed by atoms with Crippen molar-refractivity contribution in [3.8, 4) is 5.69 Å². The van der Waals surface area contributed by atoms with Crippen molar-refractivity contribution in [2.45, 2.75) is 18.9 Å². The van der Waals surface area contributed by atoms with E-state index in [0.717, 1.165) is 24.3 Å². The SMILES string of the molecule is Fc1ccc(-n2cncc2C2CCCN2)cc1Br. The summed E-state index contributed by atoms with van der Waals surface area (Å²) >= 11 is 3.22. The molecule has 1 aromatic heterocycles. The van der Waals surface area contributed by atoms with Crippen molar-refractivity contribution in [3.63, 3.8) is 0 Å². The van der Waals surface area contributed by atoms with E-state index in [9.17, 15) is 4.39 Å². The van der Waals surface area contributed by atoms with Crippen LogP contribution in [0.3, 0.4) is 0 Å². The molecule has 1 saturated heterocycles. The third kappa shape index (κ3) is 2.08. The fourth-order valence-corrected chi connectivity index (χ4v) is 2.72. The van der Waals surface area contributed by atoms with E-state index in [1.54, 1.807) is 18.5 Å². The Morgan fingerprint density at radius 3 is 3.06 bits per heavy atom. The number of aromatic nitrogens is 2. The highest BCUT2D eigenvalue weighted by atomic mass is 79.9. The standard InChI is InChI=1S/C13H13BrFN3/c14-10-6-9(3-4-11(10)15)18-8-16-7-13(18)12-2-1-5-17-12/h3-4,6-8,12,17H,1-2,5H2. The number of benzene rings is 1. The van der Waals surface area contributed by atoms with Gasteiger partial charge in [-0.3, -0.25) is 0 Å². The van der Waals surface area contributed by atoms with Crippen molar-refractivity contribution in [2.75, 3.05) is 6.54 Å². The Balaban J connectivity index is 2.00. The molecule has 18 heavy (non-hydrogen) atoms. The predicted molar refractivity (Wildman–Crippen MR) is 71.2 cm³/mol. The van der Waals surface area contributed by atoms with Crippen molar-refractivity contribution >= 4 is 15.9 Å². The maximum atomic E-state index is 13.3. The van der Waals surface area contributed by atoms with Crippen LogP contribution < -0.4 is 5.32 Å². The van der Waals surface area contributed by atoms with E-state index in [4.69, 9.17) is 0 Å². The first-order valence-corrected chi connectivity index (χ1v) is 6.76. The van der Waals surface area contributed by atoms with Gasteiger partial charge in [0.1, 0.15) is 5.82 Å². The fraction of sp³-hybridized carbons (Fsp3) is 0.308. The third-order valence-corrected chi connectivity index (χ3v) is 3.87. The molecular formula is C13H13BrFN3. The summed E-state index contributed by atoms with van der Waals surface area (Å²) in [5, 5.41) is 3.45. The monoisotopic (exact) mass is 309 g/mol. The first kappa shape index (κ1) is 11.9.